The first-order chi connectivity index (χ1) is 8.54. The van der Waals surface area contributed by atoms with Crippen LogP contribution in [0.1, 0.15) is 27.9 Å². The molecule has 3 N–H and O–H groups in total. The van der Waals surface area contributed by atoms with Crippen LogP contribution >= 0.6 is 0 Å². The Labute approximate surface area is 109 Å². The molecule has 1 aromatic rings. The Morgan fingerprint density at radius 2 is 2.11 bits per heavy atom. The molecule has 1 unspecified atom stereocenters. The number of hydrogen-bond donors (Lipinski definition) is 2. The summed E-state index contributed by atoms with van der Waals surface area (Å²) >= 11 is 0. The number of amides is 1. The fraction of sp³-hybridized carbons (Fsp3) is 0.500. The second kappa shape index (κ2) is 7.13. The maximum atomic E-state index is 11.9. The molecule has 0 aromatic heterocycles. The summed E-state index contributed by atoms with van der Waals surface area (Å²) in [5.41, 5.74) is 8.78. The average molecular weight is 250 g/mol. The van der Waals surface area contributed by atoms with Crippen molar-refractivity contribution in [3.8, 4) is 0 Å². The molecule has 4 nitrogen and oxygen atoms in total. The van der Waals surface area contributed by atoms with E-state index in [4.69, 9.17) is 10.5 Å². The third kappa shape index (κ3) is 4.47. The van der Waals surface area contributed by atoms with E-state index in [-0.39, 0.29) is 11.9 Å². The second-order valence-corrected chi connectivity index (χ2v) is 4.56. The van der Waals surface area contributed by atoms with Gasteiger partial charge >= 0.3 is 0 Å². The van der Waals surface area contributed by atoms with Crippen LogP contribution in [0, 0.1) is 13.8 Å². The van der Waals surface area contributed by atoms with Crippen molar-refractivity contribution >= 4 is 5.91 Å². The summed E-state index contributed by atoms with van der Waals surface area (Å²) in [6.45, 7) is 5.11. The van der Waals surface area contributed by atoms with E-state index < -0.39 is 0 Å². The SMILES string of the molecule is COCC(N)CCNC(=O)c1ccc(C)c(C)c1. The number of carbonyl (C=O) groups excluding carboxylic acids is 1. The lowest BCUT2D eigenvalue weighted by Gasteiger charge is -2.11. The van der Waals surface area contributed by atoms with Crippen LogP contribution in [0.3, 0.4) is 0 Å². The maximum absolute atomic E-state index is 11.9. The Bertz CT molecular complexity index is 405. The molecule has 4 heteroatoms. The zero-order valence-electron chi connectivity index (χ0n) is 11.3. The maximum Gasteiger partial charge on any atom is 0.251 e. The minimum absolute atomic E-state index is 0.0324. The predicted molar refractivity (Wildman–Crippen MR) is 72.7 cm³/mol. The van der Waals surface area contributed by atoms with E-state index in [9.17, 15) is 4.79 Å². The number of nitrogens with one attached hydrogen (secondary N) is 1. The van der Waals surface area contributed by atoms with E-state index in [1.165, 1.54) is 5.56 Å². The van der Waals surface area contributed by atoms with Crippen molar-refractivity contribution in [1.82, 2.24) is 5.32 Å². The van der Waals surface area contributed by atoms with Crippen molar-refractivity contribution < 1.29 is 9.53 Å². The van der Waals surface area contributed by atoms with Crippen LogP contribution in [0.5, 0.6) is 0 Å². The molecule has 0 saturated carbocycles. The normalized spacial score (nSPS) is 12.2. The molecule has 0 bridgehead atoms. The summed E-state index contributed by atoms with van der Waals surface area (Å²) in [5.74, 6) is -0.0530. The number of nitrogens with two attached hydrogens (primary N) is 1. The number of carbonyl (C=O) groups is 1. The van der Waals surface area contributed by atoms with E-state index in [2.05, 4.69) is 5.32 Å². The first-order valence-corrected chi connectivity index (χ1v) is 6.14. The molecule has 1 atom stereocenters. The van der Waals surface area contributed by atoms with E-state index in [1.807, 2.05) is 32.0 Å². The highest BCUT2D eigenvalue weighted by Crippen LogP contribution is 2.09. The summed E-state index contributed by atoms with van der Waals surface area (Å²) in [4.78, 5) is 11.9. The average Bonchev–Trinajstić information content (AvgIpc) is 2.33. The molecule has 0 aliphatic rings. The van der Waals surface area contributed by atoms with Crippen LogP contribution in [0.15, 0.2) is 18.2 Å². The van der Waals surface area contributed by atoms with Crippen LogP contribution in [0.2, 0.25) is 0 Å². The quantitative estimate of drug-likeness (QED) is 0.802. The van der Waals surface area contributed by atoms with Crippen molar-refractivity contribution in [2.24, 2.45) is 5.73 Å². The molecule has 0 fully saturated rings. The Kier molecular flexibility index (Phi) is 5.82. The van der Waals surface area contributed by atoms with Gasteiger partial charge in [0.25, 0.3) is 5.91 Å². The van der Waals surface area contributed by atoms with Gasteiger partial charge in [0.05, 0.1) is 6.61 Å². The highest BCUT2D eigenvalue weighted by molar-refractivity contribution is 5.94. The number of ether oxygens (including phenoxy) is 1. The molecule has 1 aromatic carbocycles. The van der Waals surface area contributed by atoms with Crippen molar-refractivity contribution in [3.05, 3.63) is 34.9 Å². The monoisotopic (exact) mass is 250 g/mol. The Morgan fingerprint density at radius 1 is 1.39 bits per heavy atom. The van der Waals surface area contributed by atoms with Gasteiger partial charge in [-0.05, 0) is 43.5 Å². The molecule has 0 aliphatic carbocycles. The number of methoxy groups -OCH3 is 1. The van der Waals surface area contributed by atoms with E-state index >= 15 is 0 Å². The number of hydrogen-bond acceptors (Lipinski definition) is 3. The number of aryl methyl sites for hydroxylation is 2. The van der Waals surface area contributed by atoms with Crippen molar-refractivity contribution in [1.29, 1.82) is 0 Å². The zero-order chi connectivity index (χ0) is 13.5. The Hall–Kier alpha value is -1.39. The van der Waals surface area contributed by atoms with Gasteiger partial charge in [0, 0.05) is 25.3 Å². The minimum Gasteiger partial charge on any atom is -0.383 e. The van der Waals surface area contributed by atoms with Crippen molar-refractivity contribution in [2.45, 2.75) is 26.3 Å². The molecular weight excluding hydrogens is 228 g/mol. The summed E-state index contributed by atoms with van der Waals surface area (Å²) in [6, 6.07) is 5.67. The molecule has 0 radical (unpaired) electrons. The molecule has 0 heterocycles. The molecule has 0 saturated heterocycles. The second-order valence-electron chi connectivity index (χ2n) is 4.56. The van der Waals surface area contributed by atoms with Crippen LogP contribution in [-0.2, 0) is 4.74 Å². The smallest absolute Gasteiger partial charge is 0.251 e. The Morgan fingerprint density at radius 3 is 2.72 bits per heavy atom. The summed E-state index contributed by atoms with van der Waals surface area (Å²) in [6.07, 6.45) is 0.713. The van der Waals surface area contributed by atoms with Gasteiger partial charge in [-0.15, -0.1) is 0 Å². The van der Waals surface area contributed by atoms with Gasteiger partial charge in [0.15, 0.2) is 0 Å². The standard InChI is InChI=1S/C14H22N2O2/c1-10-4-5-12(8-11(10)2)14(17)16-7-6-13(15)9-18-3/h4-5,8,13H,6-7,9,15H2,1-3H3,(H,16,17). The highest BCUT2D eigenvalue weighted by atomic mass is 16.5. The first kappa shape index (κ1) is 14.7. The predicted octanol–water partition coefficient (Wildman–Crippen LogP) is 1.40. The first-order valence-electron chi connectivity index (χ1n) is 6.14. The van der Waals surface area contributed by atoms with Crippen LogP contribution in [-0.4, -0.2) is 32.2 Å². The van der Waals surface area contributed by atoms with Gasteiger partial charge in [0.1, 0.15) is 0 Å². The fourth-order valence-electron chi connectivity index (χ4n) is 1.65. The van der Waals surface area contributed by atoms with Gasteiger partial charge in [0.2, 0.25) is 0 Å². The van der Waals surface area contributed by atoms with E-state index in [1.54, 1.807) is 7.11 Å². The fourth-order valence-corrected chi connectivity index (χ4v) is 1.65. The molecule has 1 amide bonds. The largest absolute Gasteiger partial charge is 0.383 e. The van der Waals surface area contributed by atoms with Gasteiger partial charge in [-0.25, -0.2) is 0 Å². The zero-order valence-corrected chi connectivity index (χ0v) is 11.3. The van der Waals surface area contributed by atoms with Crippen LogP contribution in [0.4, 0.5) is 0 Å². The molecule has 0 aliphatic heterocycles. The van der Waals surface area contributed by atoms with Crippen LogP contribution < -0.4 is 11.1 Å². The molecule has 18 heavy (non-hydrogen) atoms. The van der Waals surface area contributed by atoms with Gasteiger partial charge in [-0.3, -0.25) is 4.79 Å². The molecular formula is C14H22N2O2. The molecule has 1 rings (SSSR count). The lowest BCUT2D eigenvalue weighted by Crippen LogP contribution is -2.32. The van der Waals surface area contributed by atoms with Gasteiger partial charge in [-0.2, -0.15) is 0 Å². The van der Waals surface area contributed by atoms with Crippen LogP contribution in [0.25, 0.3) is 0 Å². The van der Waals surface area contributed by atoms with Crippen molar-refractivity contribution in [2.75, 3.05) is 20.3 Å². The summed E-state index contributed by atoms with van der Waals surface area (Å²) < 4.78 is 4.94. The van der Waals surface area contributed by atoms with Crippen molar-refractivity contribution in [3.63, 3.8) is 0 Å². The van der Waals surface area contributed by atoms with Gasteiger partial charge in [-0.1, -0.05) is 6.07 Å². The minimum atomic E-state index is -0.0530. The Balaban J connectivity index is 2.43. The number of rotatable bonds is 6. The molecule has 0 spiro atoms. The number of benzene rings is 1. The third-order valence-electron chi connectivity index (χ3n) is 2.95. The van der Waals surface area contributed by atoms with E-state index in [0.29, 0.717) is 25.1 Å². The topological polar surface area (TPSA) is 64.3 Å². The summed E-state index contributed by atoms with van der Waals surface area (Å²) in [5, 5.41) is 2.86. The lowest BCUT2D eigenvalue weighted by atomic mass is 10.1. The third-order valence-corrected chi connectivity index (χ3v) is 2.95. The van der Waals surface area contributed by atoms with Gasteiger partial charge < -0.3 is 15.8 Å². The summed E-state index contributed by atoms with van der Waals surface area (Å²) in [7, 11) is 1.62. The lowest BCUT2D eigenvalue weighted by molar-refractivity contribution is 0.0950. The van der Waals surface area contributed by atoms with E-state index in [0.717, 1.165) is 5.56 Å². The molecule has 100 valence electrons. The highest BCUT2D eigenvalue weighted by Gasteiger charge is 2.07.